The number of thiazole rings is 1. The van der Waals surface area contributed by atoms with Crippen LogP contribution >= 0.6 is 22.9 Å². The minimum absolute atomic E-state index is 0.168. The molecule has 3 aromatic rings. The molecule has 138 valence electrons. The topological polar surface area (TPSA) is 91.3 Å². The van der Waals surface area contributed by atoms with Gasteiger partial charge in [-0.05, 0) is 35.9 Å². The molecular weight excluding hydrogens is 386 g/mol. The van der Waals surface area contributed by atoms with Gasteiger partial charge in [0.2, 0.25) is 0 Å². The Bertz CT molecular complexity index is 957. The summed E-state index contributed by atoms with van der Waals surface area (Å²) in [5.41, 5.74) is 2.75. The van der Waals surface area contributed by atoms with Gasteiger partial charge in [0.1, 0.15) is 0 Å². The van der Waals surface area contributed by atoms with Crippen molar-refractivity contribution in [3.8, 4) is 0 Å². The van der Waals surface area contributed by atoms with Crippen LogP contribution in [-0.4, -0.2) is 22.0 Å². The summed E-state index contributed by atoms with van der Waals surface area (Å²) in [4.78, 5) is 27.0. The van der Waals surface area contributed by atoms with Gasteiger partial charge in [-0.3, -0.25) is 14.9 Å². The molecule has 0 aliphatic carbocycles. The molecule has 0 saturated heterocycles. The second kappa shape index (κ2) is 8.66. The number of halogens is 1. The van der Waals surface area contributed by atoms with Crippen LogP contribution in [0.1, 0.15) is 21.6 Å². The monoisotopic (exact) mass is 401 g/mol. The smallest absolute Gasteiger partial charge is 0.309 e. The highest BCUT2D eigenvalue weighted by molar-refractivity contribution is 7.14. The van der Waals surface area contributed by atoms with Crippen LogP contribution in [0.4, 0.5) is 10.8 Å². The molecule has 1 aromatic heterocycles. The lowest BCUT2D eigenvalue weighted by Crippen LogP contribution is -2.12. The Morgan fingerprint density at radius 3 is 2.56 bits per heavy atom. The second-order valence-corrected chi connectivity index (χ2v) is 6.96. The summed E-state index contributed by atoms with van der Waals surface area (Å²) in [6, 6.07) is 14.6. The van der Waals surface area contributed by atoms with E-state index in [1.807, 2.05) is 36.4 Å². The molecule has 1 heterocycles. The van der Waals surface area contributed by atoms with Gasteiger partial charge in [0, 0.05) is 28.2 Å². The molecule has 0 spiro atoms. The van der Waals surface area contributed by atoms with Crippen LogP contribution in [0, 0.1) is 0 Å². The van der Waals surface area contributed by atoms with E-state index in [1.165, 1.54) is 11.3 Å². The Balaban J connectivity index is 1.58. The number of carbonyl (C=O) groups is 2. The highest BCUT2D eigenvalue weighted by Crippen LogP contribution is 2.19. The quantitative estimate of drug-likeness (QED) is 0.549. The summed E-state index contributed by atoms with van der Waals surface area (Å²) >= 11 is 7.33. The molecule has 27 heavy (non-hydrogen) atoms. The highest BCUT2D eigenvalue weighted by atomic mass is 35.5. The SMILES string of the molecule is O=C(O)Cc1csc(NC(=O)c2ccc(NCc3ccccc3Cl)cc2)n1. The minimum atomic E-state index is -0.960. The van der Waals surface area contributed by atoms with Crippen molar-refractivity contribution in [2.45, 2.75) is 13.0 Å². The minimum Gasteiger partial charge on any atom is -0.481 e. The Labute approximate surface area is 164 Å². The van der Waals surface area contributed by atoms with E-state index in [0.29, 0.717) is 28.0 Å². The molecular formula is C19H16ClN3O3S. The molecule has 0 saturated carbocycles. The van der Waals surface area contributed by atoms with Crippen molar-refractivity contribution in [1.82, 2.24) is 4.98 Å². The molecule has 0 aliphatic rings. The molecule has 8 heteroatoms. The summed E-state index contributed by atoms with van der Waals surface area (Å²) in [5.74, 6) is -1.26. The van der Waals surface area contributed by atoms with Crippen LogP contribution in [0.15, 0.2) is 53.9 Å². The van der Waals surface area contributed by atoms with Gasteiger partial charge in [-0.15, -0.1) is 11.3 Å². The van der Waals surface area contributed by atoms with Gasteiger partial charge in [0.05, 0.1) is 12.1 Å². The van der Waals surface area contributed by atoms with Crippen molar-refractivity contribution < 1.29 is 14.7 Å². The van der Waals surface area contributed by atoms with E-state index in [-0.39, 0.29) is 12.3 Å². The third-order valence-corrected chi connectivity index (χ3v) is 4.87. The average molecular weight is 402 g/mol. The maximum absolute atomic E-state index is 12.3. The summed E-state index contributed by atoms with van der Waals surface area (Å²) in [5, 5.41) is 17.4. The second-order valence-electron chi connectivity index (χ2n) is 5.69. The molecule has 0 atom stereocenters. The first kappa shape index (κ1) is 18.9. The number of nitrogens with one attached hydrogen (secondary N) is 2. The fraction of sp³-hybridized carbons (Fsp3) is 0.105. The lowest BCUT2D eigenvalue weighted by atomic mass is 10.2. The zero-order valence-electron chi connectivity index (χ0n) is 14.1. The largest absolute Gasteiger partial charge is 0.481 e. The number of carboxylic acid groups (broad SMARTS) is 1. The number of nitrogens with zero attached hydrogens (tertiary/aromatic N) is 1. The van der Waals surface area contributed by atoms with Gasteiger partial charge in [-0.25, -0.2) is 4.98 Å². The van der Waals surface area contributed by atoms with E-state index in [4.69, 9.17) is 16.7 Å². The van der Waals surface area contributed by atoms with Crippen molar-refractivity contribution in [2.24, 2.45) is 0 Å². The van der Waals surface area contributed by atoms with Gasteiger partial charge in [0.25, 0.3) is 5.91 Å². The number of aliphatic carboxylic acids is 1. The van der Waals surface area contributed by atoms with E-state index in [2.05, 4.69) is 15.6 Å². The van der Waals surface area contributed by atoms with E-state index in [9.17, 15) is 9.59 Å². The molecule has 0 radical (unpaired) electrons. The van der Waals surface area contributed by atoms with Crippen LogP contribution in [0.2, 0.25) is 5.02 Å². The first-order chi connectivity index (χ1) is 13.0. The number of hydrogen-bond donors (Lipinski definition) is 3. The fourth-order valence-electron chi connectivity index (χ4n) is 2.35. The van der Waals surface area contributed by atoms with Crippen LogP contribution in [-0.2, 0) is 17.8 Å². The Kier molecular flexibility index (Phi) is 6.05. The van der Waals surface area contributed by atoms with Gasteiger partial charge in [0.15, 0.2) is 5.13 Å². The lowest BCUT2D eigenvalue weighted by Gasteiger charge is -2.09. The summed E-state index contributed by atoms with van der Waals surface area (Å²) in [7, 11) is 0. The number of anilines is 2. The molecule has 0 unspecified atom stereocenters. The Hall–Kier alpha value is -2.90. The molecule has 0 bridgehead atoms. The number of amides is 1. The molecule has 0 aliphatic heterocycles. The number of carboxylic acids is 1. The number of carbonyl (C=O) groups excluding carboxylic acids is 1. The predicted molar refractivity (Wildman–Crippen MR) is 107 cm³/mol. The lowest BCUT2D eigenvalue weighted by molar-refractivity contribution is -0.136. The summed E-state index contributed by atoms with van der Waals surface area (Å²) in [6.07, 6.45) is -0.168. The van der Waals surface area contributed by atoms with Crippen molar-refractivity contribution in [1.29, 1.82) is 0 Å². The maximum atomic E-state index is 12.3. The van der Waals surface area contributed by atoms with E-state index in [0.717, 1.165) is 11.3 Å². The Morgan fingerprint density at radius 1 is 1.11 bits per heavy atom. The van der Waals surface area contributed by atoms with E-state index < -0.39 is 5.97 Å². The van der Waals surface area contributed by atoms with Crippen molar-refractivity contribution in [3.05, 3.63) is 75.8 Å². The zero-order valence-corrected chi connectivity index (χ0v) is 15.7. The van der Waals surface area contributed by atoms with Crippen molar-refractivity contribution in [3.63, 3.8) is 0 Å². The molecule has 3 N–H and O–H groups in total. The van der Waals surface area contributed by atoms with Crippen LogP contribution < -0.4 is 10.6 Å². The fourth-order valence-corrected chi connectivity index (χ4v) is 3.26. The van der Waals surface area contributed by atoms with Crippen LogP contribution in [0.5, 0.6) is 0 Å². The van der Waals surface area contributed by atoms with Gasteiger partial charge >= 0.3 is 5.97 Å². The number of benzene rings is 2. The summed E-state index contributed by atoms with van der Waals surface area (Å²) < 4.78 is 0. The molecule has 6 nitrogen and oxygen atoms in total. The third-order valence-electron chi connectivity index (χ3n) is 3.69. The van der Waals surface area contributed by atoms with E-state index >= 15 is 0 Å². The van der Waals surface area contributed by atoms with Crippen LogP contribution in [0.25, 0.3) is 0 Å². The Morgan fingerprint density at radius 2 is 1.85 bits per heavy atom. The number of aromatic nitrogens is 1. The summed E-state index contributed by atoms with van der Waals surface area (Å²) in [6.45, 7) is 0.580. The van der Waals surface area contributed by atoms with Gasteiger partial charge in [-0.2, -0.15) is 0 Å². The number of rotatable bonds is 7. The van der Waals surface area contributed by atoms with Gasteiger partial charge < -0.3 is 10.4 Å². The maximum Gasteiger partial charge on any atom is 0.309 e. The first-order valence-corrected chi connectivity index (χ1v) is 9.32. The average Bonchev–Trinajstić information content (AvgIpc) is 3.07. The molecule has 2 aromatic carbocycles. The molecule has 1 amide bonds. The molecule has 0 fully saturated rings. The molecule has 3 rings (SSSR count). The van der Waals surface area contributed by atoms with Crippen molar-refractivity contribution in [2.75, 3.05) is 10.6 Å². The van der Waals surface area contributed by atoms with Crippen LogP contribution in [0.3, 0.4) is 0 Å². The van der Waals surface area contributed by atoms with Crippen molar-refractivity contribution >= 4 is 45.6 Å². The highest BCUT2D eigenvalue weighted by Gasteiger charge is 2.11. The van der Waals surface area contributed by atoms with Gasteiger partial charge in [-0.1, -0.05) is 29.8 Å². The first-order valence-electron chi connectivity index (χ1n) is 8.06. The predicted octanol–water partition coefficient (Wildman–Crippen LogP) is 4.29. The normalized spacial score (nSPS) is 10.4. The standard InChI is InChI=1S/C19H16ClN3O3S/c20-16-4-2-1-3-13(16)10-21-14-7-5-12(6-8-14)18(26)23-19-22-15(11-27-19)9-17(24)25/h1-8,11,21H,9-10H2,(H,24,25)(H,22,23,26). The number of hydrogen-bond acceptors (Lipinski definition) is 5. The third kappa shape index (κ3) is 5.29. The van der Waals surface area contributed by atoms with E-state index in [1.54, 1.807) is 17.5 Å². The zero-order chi connectivity index (χ0) is 19.2.